The fraction of sp³-hybridized carbons (Fsp3) is 0.750. The van der Waals surface area contributed by atoms with Gasteiger partial charge in [-0.05, 0) is 32.6 Å². The third-order valence-electron chi connectivity index (χ3n) is 3.47. The van der Waals surface area contributed by atoms with Crippen molar-refractivity contribution in [2.45, 2.75) is 32.6 Å². The Labute approximate surface area is 100 Å². The van der Waals surface area contributed by atoms with Gasteiger partial charge in [0.25, 0.3) is 0 Å². The number of aliphatic hydroxyl groups is 1. The van der Waals surface area contributed by atoms with Crippen LogP contribution in [0.15, 0.2) is 5.51 Å². The van der Waals surface area contributed by atoms with Gasteiger partial charge in [0.05, 0.1) is 24.4 Å². The molecular formula is C12H19NO2S. The molecular weight excluding hydrogens is 222 g/mol. The van der Waals surface area contributed by atoms with Crippen molar-refractivity contribution in [3.05, 3.63) is 16.1 Å². The van der Waals surface area contributed by atoms with Crippen molar-refractivity contribution in [1.29, 1.82) is 0 Å². The number of aliphatic hydroxyl groups excluding tert-OH is 1. The van der Waals surface area contributed by atoms with Crippen molar-refractivity contribution in [2.75, 3.05) is 19.8 Å². The fourth-order valence-corrected chi connectivity index (χ4v) is 3.04. The number of rotatable bonds is 4. The van der Waals surface area contributed by atoms with Crippen LogP contribution >= 0.6 is 11.3 Å². The van der Waals surface area contributed by atoms with Crippen molar-refractivity contribution in [2.24, 2.45) is 5.41 Å². The van der Waals surface area contributed by atoms with Gasteiger partial charge in [-0.2, -0.15) is 0 Å². The zero-order valence-electron chi connectivity index (χ0n) is 9.74. The van der Waals surface area contributed by atoms with Crippen molar-refractivity contribution in [1.82, 2.24) is 4.98 Å². The fourth-order valence-electron chi connectivity index (χ4n) is 2.26. The lowest BCUT2D eigenvalue weighted by Crippen LogP contribution is -2.35. The largest absolute Gasteiger partial charge is 0.396 e. The highest BCUT2D eigenvalue weighted by molar-refractivity contribution is 7.09. The van der Waals surface area contributed by atoms with Gasteiger partial charge in [-0.3, -0.25) is 0 Å². The standard InChI is InChI=1S/C12H19NO2S/c1-10-11(16-9-13-10)3-5-12(7-14)4-2-6-15-8-12/h9,14H,2-8H2,1H3. The lowest BCUT2D eigenvalue weighted by Gasteiger charge is -2.35. The zero-order valence-corrected chi connectivity index (χ0v) is 10.6. The second-order valence-corrected chi connectivity index (χ2v) is 5.61. The van der Waals surface area contributed by atoms with E-state index in [9.17, 15) is 5.11 Å². The molecule has 1 aromatic rings. The summed E-state index contributed by atoms with van der Waals surface area (Å²) in [6.45, 7) is 3.85. The summed E-state index contributed by atoms with van der Waals surface area (Å²) in [7, 11) is 0. The van der Waals surface area contributed by atoms with Crippen LogP contribution in [0.3, 0.4) is 0 Å². The van der Waals surface area contributed by atoms with Gasteiger partial charge in [-0.25, -0.2) is 4.98 Å². The first kappa shape index (κ1) is 12.0. The molecule has 2 rings (SSSR count). The molecule has 1 unspecified atom stereocenters. The summed E-state index contributed by atoms with van der Waals surface area (Å²) in [5, 5.41) is 9.55. The van der Waals surface area contributed by atoms with Crippen LogP contribution in [0.5, 0.6) is 0 Å². The Bertz CT molecular complexity index is 332. The molecule has 1 saturated heterocycles. The Balaban J connectivity index is 1.94. The molecule has 4 heteroatoms. The molecule has 2 heterocycles. The molecule has 3 nitrogen and oxygen atoms in total. The van der Waals surface area contributed by atoms with Crippen molar-refractivity contribution < 1.29 is 9.84 Å². The van der Waals surface area contributed by atoms with E-state index in [2.05, 4.69) is 11.9 Å². The summed E-state index contributed by atoms with van der Waals surface area (Å²) in [5.41, 5.74) is 3.03. The molecule has 1 fully saturated rings. The highest BCUT2D eigenvalue weighted by atomic mass is 32.1. The van der Waals surface area contributed by atoms with Gasteiger partial charge in [-0.15, -0.1) is 11.3 Å². The zero-order chi connectivity index (χ0) is 11.4. The highest BCUT2D eigenvalue weighted by Gasteiger charge is 2.32. The molecule has 0 aliphatic carbocycles. The number of ether oxygens (including phenoxy) is 1. The van der Waals surface area contributed by atoms with E-state index in [0.717, 1.165) is 38.0 Å². The first-order valence-electron chi connectivity index (χ1n) is 5.83. The average molecular weight is 241 g/mol. The molecule has 0 spiro atoms. The van der Waals surface area contributed by atoms with Gasteiger partial charge >= 0.3 is 0 Å². The summed E-state index contributed by atoms with van der Waals surface area (Å²) in [6.07, 6.45) is 4.18. The summed E-state index contributed by atoms with van der Waals surface area (Å²) < 4.78 is 5.50. The molecule has 1 aromatic heterocycles. The number of nitrogens with zero attached hydrogens (tertiary/aromatic N) is 1. The Morgan fingerprint density at radius 2 is 2.50 bits per heavy atom. The Morgan fingerprint density at radius 3 is 3.06 bits per heavy atom. The molecule has 0 radical (unpaired) electrons. The number of aryl methyl sites for hydroxylation is 2. The molecule has 90 valence electrons. The first-order chi connectivity index (χ1) is 7.76. The maximum atomic E-state index is 9.55. The Hall–Kier alpha value is -0.450. The van der Waals surface area contributed by atoms with E-state index >= 15 is 0 Å². The minimum atomic E-state index is -0.00528. The lowest BCUT2D eigenvalue weighted by atomic mass is 9.79. The maximum absolute atomic E-state index is 9.55. The number of hydrogen-bond donors (Lipinski definition) is 1. The van der Waals surface area contributed by atoms with Crippen LogP contribution in [-0.2, 0) is 11.2 Å². The Kier molecular flexibility index (Phi) is 3.95. The third-order valence-corrected chi connectivity index (χ3v) is 4.46. The van der Waals surface area contributed by atoms with Crippen LogP contribution in [0.4, 0.5) is 0 Å². The van der Waals surface area contributed by atoms with Crippen LogP contribution in [0.2, 0.25) is 0 Å². The third kappa shape index (κ3) is 2.62. The van der Waals surface area contributed by atoms with E-state index in [1.165, 1.54) is 4.88 Å². The minimum Gasteiger partial charge on any atom is -0.396 e. The molecule has 1 atom stereocenters. The van der Waals surface area contributed by atoms with Crippen LogP contribution in [-0.4, -0.2) is 29.9 Å². The molecule has 1 aliphatic heterocycles. The van der Waals surface area contributed by atoms with E-state index in [-0.39, 0.29) is 12.0 Å². The maximum Gasteiger partial charge on any atom is 0.0797 e. The van der Waals surface area contributed by atoms with E-state index in [4.69, 9.17) is 4.74 Å². The quantitative estimate of drug-likeness (QED) is 0.878. The van der Waals surface area contributed by atoms with Crippen molar-refractivity contribution in [3.63, 3.8) is 0 Å². The predicted molar refractivity (Wildman–Crippen MR) is 64.7 cm³/mol. The van der Waals surface area contributed by atoms with Gasteiger partial charge < -0.3 is 9.84 Å². The van der Waals surface area contributed by atoms with Crippen molar-refractivity contribution >= 4 is 11.3 Å². The molecule has 16 heavy (non-hydrogen) atoms. The minimum absolute atomic E-state index is 0.00528. The van der Waals surface area contributed by atoms with Gasteiger partial charge in [0.15, 0.2) is 0 Å². The summed E-state index contributed by atoms with van der Waals surface area (Å²) >= 11 is 1.71. The monoisotopic (exact) mass is 241 g/mol. The topological polar surface area (TPSA) is 42.4 Å². The molecule has 1 N–H and O–H groups in total. The van der Waals surface area contributed by atoms with Gasteiger partial charge in [0.2, 0.25) is 0 Å². The average Bonchev–Trinajstić information content (AvgIpc) is 2.74. The van der Waals surface area contributed by atoms with E-state index in [1.54, 1.807) is 11.3 Å². The second kappa shape index (κ2) is 5.25. The first-order valence-corrected chi connectivity index (χ1v) is 6.71. The number of aromatic nitrogens is 1. The Morgan fingerprint density at radius 1 is 1.62 bits per heavy atom. The predicted octanol–water partition coefficient (Wildman–Crippen LogP) is 2.17. The summed E-state index contributed by atoms with van der Waals surface area (Å²) in [5.74, 6) is 0. The van der Waals surface area contributed by atoms with E-state index < -0.39 is 0 Å². The summed E-state index contributed by atoms with van der Waals surface area (Å²) in [6, 6.07) is 0. The normalized spacial score (nSPS) is 25.9. The molecule has 0 aromatic carbocycles. The second-order valence-electron chi connectivity index (χ2n) is 4.68. The van der Waals surface area contributed by atoms with Crippen LogP contribution in [0.25, 0.3) is 0 Å². The number of thiazole rings is 1. The van der Waals surface area contributed by atoms with E-state index in [1.807, 2.05) is 5.51 Å². The van der Waals surface area contributed by atoms with Crippen LogP contribution in [0.1, 0.15) is 29.8 Å². The van der Waals surface area contributed by atoms with Gasteiger partial charge in [-0.1, -0.05) is 0 Å². The SMILES string of the molecule is Cc1ncsc1CCC1(CO)CCCOC1. The van der Waals surface area contributed by atoms with E-state index in [0.29, 0.717) is 6.61 Å². The van der Waals surface area contributed by atoms with Crippen LogP contribution < -0.4 is 0 Å². The lowest BCUT2D eigenvalue weighted by molar-refractivity contribution is -0.0425. The highest BCUT2D eigenvalue weighted by Crippen LogP contribution is 2.33. The molecule has 0 amide bonds. The van der Waals surface area contributed by atoms with Gasteiger partial charge in [0, 0.05) is 16.9 Å². The molecule has 0 saturated carbocycles. The molecule has 0 bridgehead atoms. The molecule has 1 aliphatic rings. The van der Waals surface area contributed by atoms with Crippen molar-refractivity contribution in [3.8, 4) is 0 Å². The van der Waals surface area contributed by atoms with Gasteiger partial charge in [0.1, 0.15) is 0 Å². The smallest absolute Gasteiger partial charge is 0.0797 e. The summed E-state index contributed by atoms with van der Waals surface area (Å²) in [4.78, 5) is 5.60. The van der Waals surface area contributed by atoms with Crippen LogP contribution in [0, 0.1) is 12.3 Å². The number of hydrogen-bond acceptors (Lipinski definition) is 4.